The SMILES string of the molecule is CCCCOc1ccc([C@H]2CC[C@H](OCCC[SiH](OC(C)C)OC(C)C)CC2)cc1. The predicted octanol–water partition coefficient (Wildman–Crippen LogP) is 6.37. The minimum Gasteiger partial charge on any atom is -0.494 e. The lowest BCUT2D eigenvalue weighted by atomic mass is 9.83. The molecule has 0 heterocycles. The lowest BCUT2D eigenvalue weighted by Gasteiger charge is -2.29. The van der Waals surface area contributed by atoms with Crippen molar-refractivity contribution >= 4 is 9.28 Å². The van der Waals surface area contributed by atoms with Crippen LogP contribution in [-0.2, 0) is 13.6 Å². The molecule has 0 atom stereocenters. The summed E-state index contributed by atoms with van der Waals surface area (Å²) in [6.45, 7) is 12.2. The van der Waals surface area contributed by atoms with Crippen LogP contribution >= 0.6 is 0 Å². The van der Waals surface area contributed by atoms with Gasteiger partial charge in [0, 0.05) is 18.8 Å². The summed E-state index contributed by atoms with van der Waals surface area (Å²) in [6.07, 6.45) is 8.97. The second-order valence-corrected chi connectivity index (χ2v) is 11.0. The van der Waals surface area contributed by atoms with E-state index in [0.29, 0.717) is 12.0 Å². The average Bonchev–Trinajstić information content (AvgIpc) is 2.71. The van der Waals surface area contributed by atoms with E-state index >= 15 is 0 Å². The molecule has 1 aliphatic carbocycles. The van der Waals surface area contributed by atoms with Gasteiger partial charge in [-0.25, -0.2) is 0 Å². The lowest BCUT2D eigenvalue weighted by molar-refractivity contribution is 0.0237. The summed E-state index contributed by atoms with van der Waals surface area (Å²) >= 11 is 0. The van der Waals surface area contributed by atoms with Gasteiger partial charge in [-0.1, -0.05) is 25.5 Å². The summed E-state index contributed by atoms with van der Waals surface area (Å²) in [5.74, 6) is 1.65. The molecule has 0 unspecified atom stereocenters. The van der Waals surface area contributed by atoms with Crippen LogP contribution in [0.1, 0.15) is 91.0 Å². The highest BCUT2D eigenvalue weighted by atomic mass is 28.3. The topological polar surface area (TPSA) is 36.9 Å². The third-order valence-corrected chi connectivity index (χ3v) is 8.15. The molecule has 0 aromatic heterocycles. The third-order valence-electron chi connectivity index (χ3n) is 5.58. The Bertz CT molecular complexity index is 543. The first-order valence-electron chi connectivity index (χ1n) is 12.1. The monoisotopic (exact) mass is 436 g/mol. The Labute approximate surface area is 186 Å². The fourth-order valence-corrected chi connectivity index (χ4v) is 6.06. The first-order valence-corrected chi connectivity index (χ1v) is 13.9. The van der Waals surface area contributed by atoms with Gasteiger partial charge in [-0.2, -0.15) is 0 Å². The van der Waals surface area contributed by atoms with Crippen molar-refractivity contribution in [1.29, 1.82) is 0 Å². The number of hydrogen-bond acceptors (Lipinski definition) is 4. The molecule has 1 aromatic carbocycles. The van der Waals surface area contributed by atoms with E-state index in [9.17, 15) is 0 Å². The highest BCUT2D eigenvalue weighted by Gasteiger charge is 2.23. The molecule has 172 valence electrons. The number of hydrogen-bond donors (Lipinski definition) is 0. The quantitative estimate of drug-likeness (QED) is 0.251. The van der Waals surface area contributed by atoms with Crippen molar-refractivity contribution in [2.24, 2.45) is 0 Å². The zero-order valence-electron chi connectivity index (χ0n) is 19.9. The van der Waals surface area contributed by atoms with E-state index in [2.05, 4.69) is 58.9 Å². The molecule has 0 N–H and O–H groups in total. The predicted molar refractivity (Wildman–Crippen MR) is 127 cm³/mol. The Morgan fingerprint density at radius 3 is 2.07 bits per heavy atom. The van der Waals surface area contributed by atoms with Gasteiger partial charge >= 0.3 is 9.28 Å². The number of rotatable bonds is 14. The van der Waals surface area contributed by atoms with E-state index < -0.39 is 9.28 Å². The van der Waals surface area contributed by atoms with Crippen molar-refractivity contribution < 1.29 is 18.3 Å². The molecule has 0 bridgehead atoms. The van der Waals surface area contributed by atoms with E-state index in [1.54, 1.807) is 0 Å². The Hall–Kier alpha value is -0.883. The van der Waals surface area contributed by atoms with Crippen LogP contribution in [0.25, 0.3) is 0 Å². The van der Waals surface area contributed by atoms with Gasteiger partial charge in [-0.15, -0.1) is 0 Å². The highest BCUT2D eigenvalue weighted by Crippen LogP contribution is 2.34. The molecule has 2 rings (SSSR count). The van der Waals surface area contributed by atoms with Crippen LogP contribution in [0.5, 0.6) is 5.75 Å². The Morgan fingerprint density at radius 1 is 0.867 bits per heavy atom. The first kappa shape index (κ1) is 25.4. The Balaban J connectivity index is 1.64. The molecule has 1 aromatic rings. The Kier molecular flexibility index (Phi) is 12.0. The molecule has 1 aliphatic rings. The van der Waals surface area contributed by atoms with Crippen molar-refractivity contribution in [3.8, 4) is 5.75 Å². The summed E-state index contributed by atoms with van der Waals surface area (Å²) in [4.78, 5) is 0. The highest BCUT2D eigenvalue weighted by molar-refractivity contribution is 6.44. The maximum Gasteiger partial charge on any atom is 0.321 e. The zero-order valence-corrected chi connectivity index (χ0v) is 21.1. The van der Waals surface area contributed by atoms with Gasteiger partial charge in [-0.3, -0.25) is 0 Å². The molecule has 30 heavy (non-hydrogen) atoms. The summed E-state index contributed by atoms with van der Waals surface area (Å²) in [5.41, 5.74) is 1.45. The average molecular weight is 437 g/mol. The molecule has 0 spiro atoms. The molecular weight excluding hydrogens is 392 g/mol. The number of ether oxygens (including phenoxy) is 2. The minimum atomic E-state index is -1.58. The van der Waals surface area contributed by atoms with Crippen LogP contribution in [-0.4, -0.2) is 40.8 Å². The van der Waals surface area contributed by atoms with Crippen LogP contribution in [0, 0.1) is 0 Å². The largest absolute Gasteiger partial charge is 0.494 e. The van der Waals surface area contributed by atoms with Crippen LogP contribution in [0.3, 0.4) is 0 Å². The second-order valence-electron chi connectivity index (χ2n) is 9.06. The standard InChI is InChI=1S/C25H44O4Si/c1-6-7-17-26-24-13-9-22(10-14-24)23-11-15-25(16-12-23)27-18-8-19-30(28-20(2)3)29-21(4)5/h9-10,13-14,20-21,23,25,30H,6-8,11-12,15-19H2,1-5H3/t23-,25-. The second kappa shape index (κ2) is 14.2. The van der Waals surface area contributed by atoms with Gasteiger partial charge in [0.25, 0.3) is 0 Å². The van der Waals surface area contributed by atoms with Gasteiger partial charge in [0.15, 0.2) is 0 Å². The summed E-state index contributed by atoms with van der Waals surface area (Å²) in [5, 5.41) is 0. The summed E-state index contributed by atoms with van der Waals surface area (Å²) in [7, 11) is -1.58. The van der Waals surface area contributed by atoms with Gasteiger partial charge in [0.1, 0.15) is 5.75 Å². The van der Waals surface area contributed by atoms with Gasteiger partial charge in [0.2, 0.25) is 0 Å². The maximum atomic E-state index is 6.19. The van der Waals surface area contributed by atoms with Gasteiger partial charge in [-0.05, 0) is 95.9 Å². The van der Waals surface area contributed by atoms with Crippen molar-refractivity contribution in [2.75, 3.05) is 13.2 Å². The smallest absolute Gasteiger partial charge is 0.321 e. The minimum absolute atomic E-state index is 0.244. The van der Waals surface area contributed by atoms with E-state index in [0.717, 1.165) is 50.7 Å². The van der Waals surface area contributed by atoms with Crippen molar-refractivity contribution in [3.05, 3.63) is 29.8 Å². The summed E-state index contributed by atoms with van der Waals surface area (Å²) in [6, 6.07) is 9.79. The third kappa shape index (κ3) is 9.95. The van der Waals surface area contributed by atoms with Crippen LogP contribution < -0.4 is 4.74 Å². The van der Waals surface area contributed by atoms with Crippen molar-refractivity contribution in [2.45, 2.75) is 110 Å². The van der Waals surface area contributed by atoms with Crippen molar-refractivity contribution in [3.63, 3.8) is 0 Å². The number of benzene rings is 1. The van der Waals surface area contributed by atoms with E-state index in [4.69, 9.17) is 18.3 Å². The van der Waals surface area contributed by atoms with Crippen molar-refractivity contribution in [1.82, 2.24) is 0 Å². The molecule has 0 aliphatic heterocycles. The lowest BCUT2D eigenvalue weighted by Crippen LogP contribution is -2.30. The molecule has 1 fully saturated rings. The van der Waals surface area contributed by atoms with Crippen LogP contribution in [0.4, 0.5) is 0 Å². The summed E-state index contributed by atoms with van der Waals surface area (Å²) < 4.78 is 24.0. The Morgan fingerprint density at radius 2 is 1.50 bits per heavy atom. The van der Waals surface area contributed by atoms with Gasteiger partial charge in [0.05, 0.1) is 12.7 Å². The normalized spacial score (nSPS) is 19.7. The van der Waals surface area contributed by atoms with Crippen LogP contribution in [0.2, 0.25) is 6.04 Å². The molecule has 1 saturated carbocycles. The zero-order chi connectivity index (χ0) is 21.8. The fourth-order valence-electron chi connectivity index (χ4n) is 4.01. The van der Waals surface area contributed by atoms with Gasteiger partial charge < -0.3 is 18.3 Å². The molecular formula is C25H44O4Si. The fraction of sp³-hybridized carbons (Fsp3) is 0.760. The molecule has 4 nitrogen and oxygen atoms in total. The van der Waals surface area contributed by atoms with E-state index in [-0.39, 0.29) is 12.2 Å². The van der Waals surface area contributed by atoms with E-state index in [1.807, 2.05) is 0 Å². The maximum absolute atomic E-state index is 6.19. The number of unbranched alkanes of at least 4 members (excludes halogenated alkanes) is 1. The molecule has 5 heteroatoms. The van der Waals surface area contributed by atoms with E-state index in [1.165, 1.54) is 24.8 Å². The van der Waals surface area contributed by atoms with Crippen LogP contribution in [0.15, 0.2) is 24.3 Å². The molecule has 0 amide bonds. The first-order chi connectivity index (χ1) is 14.5. The molecule has 0 radical (unpaired) electrons. The molecule has 0 saturated heterocycles.